The van der Waals surface area contributed by atoms with Crippen LogP contribution < -0.4 is 9.47 Å². The van der Waals surface area contributed by atoms with Gasteiger partial charge in [0.1, 0.15) is 6.61 Å². The zero-order valence-electron chi connectivity index (χ0n) is 20.7. The number of hydrogen-bond donors (Lipinski definition) is 1. The molecule has 1 N–H and O–H groups in total. The molecule has 2 amide bonds. The van der Waals surface area contributed by atoms with E-state index in [0.29, 0.717) is 16.9 Å². The number of hydrogen-bond acceptors (Lipinski definition) is 6. The smallest absolute Gasteiger partial charge is 0.335 e. The third-order valence-corrected chi connectivity index (χ3v) is 7.38. The quantitative estimate of drug-likeness (QED) is 0.232. The zero-order chi connectivity index (χ0) is 27.5. The number of nitrogens with zero attached hydrogens (tertiary/aromatic N) is 1. The van der Waals surface area contributed by atoms with Crippen molar-refractivity contribution in [2.45, 2.75) is 13.2 Å². The van der Waals surface area contributed by atoms with Crippen LogP contribution in [0, 0.1) is 0 Å². The first-order valence-electron chi connectivity index (χ1n) is 11.9. The fraction of sp³-hybridized carbons (Fsp3) is 0.100. The van der Waals surface area contributed by atoms with Crippen molar-refractivity contribution in [3.8, 4) is 11.5 Å². The van der Waals surface area contributed by atoms with E-state index < -0.39 is 5.97 Å². The lowest BCUT2D eigenvalue weighted by Gasteiger charge is -2.15. The Labute approximate surface area is 233 Å². The second kappa shape index (κ2) is 11.2. The van der Waals surface area contributed by atoms with Gasteiger partial charge in [-0.3, -0.25) is 14.5 Å². The Bertz CT molecular complexity index is 1640. The number of carbonyl (C=O) groups is 3. The fourth-order valence-corrected chi connectivity index (χ4v) is 5.41. The summed E-state index contributed by atoms with van der Waals surface area (Å²) >= 11 is 7.38. The molecule has 1 fully saturated rings. The van der Waals surface area contributed by atoms with Crippen LogP contribution >= 0.6 is 23.4 Å². The van der Waals surface area contributed by atoms with E-state index in [1.165, 1.54) is 24.1 Å². The lowest BCUT2D eigenvalue weighted by atomic mass is 10.0. The van der Waals surface area contributed by atoms with E-state index in [9.17, 15) is 19.5 Å². The lowest BCUT2D eigenvalue weighted by Crippen LogP contribution is -2.27. The predicted octanol–water partition coefficient (Wildman–Crippen LogP) is 7.02. The van der Waals surface area contributed by atoms with Crippen LogP contribution in [0.5, 0.6) is 11.5 Å². The Morgan fingerprint density at radius 3 is 2.59 bits per heavy atom. The number of carboxylic acid groups (broad SMARTS) is 1. The molecule has 1 aliphatic heterocycles. The number of carboxylic acids is 1. The van der Waals surface area contributed by atoms with E-state index in [0.717, 1.165) is 28.1 Å². The first-order chi connectivity index (χ1) is 18.8. The molecular weight excluding hydrogens is 538 g/mol. The molecule has 0 atom stereocenters. The summed E-state index contributed by atoms with van der Waals surface area (Å²) in [4.78, 5) is 38.7. The number of imide groups is 1. The summed E-state index contributed by atoms with van der Waals surface area (Å²) in [5.41, 5.74) is 2.25. The Hall–Kier alpha value is -4.27. The summed E-state index contributed by atoms with van der Waals surface area (Å²) in [6.07, 6.45) is 1.60. The van der Waals surface area contributed by atoms with Gasteiger partial charge in [0.05, 0.1) is 29.1 Å². The van der Waals surface area contributed by atoms with Crippen molar-refractivity contribution < 1.29 is 29.0 Å². The fourth-order valence-electron chi connectivity index (χ4n) is 4.30. The van der Waals surface area contributed by atoms with Crippen LogP contribution in [0.15, 0.2) is 83.8 Å². The van der Waals surface area contributed by atoms with Gasteiger partial charge in [-0.1, -0.05) is 66.2 Å². The molecule has 4 aromatic carbocycles. The Morgan fingerprint density at radius 2 is 1.79 bits per heavy atom. The molecule has 1 aliphatic rings. The van der Waals surface area contributed by atoms with Crippen LogP contribution in [0.1, 0.15) is 27.0 Å². The van der Waals surface area contributed by atoms with Gasteiger partial charge < -0.3 is 14.6 Å². The van der Waals surface area contributed by atoms with Gasteiger partial charge in [0.2, 0.25) is 0 Å². The van der Waals surface area contributed by atoms with Crippen LogP contribution in [0.3, 0.4) is 0 Å². The van der Waals surface area contributed by atoms with Gasteiger partial charge in [-0.2, -0.15) is 0 Å². The summed E-state index contributed by atoms with van der Waals surface area (Å²) in [6, 6.07) is 23.3. The summed E-state index contributed by atoms with van der Waals surface area (Å²) in [5, 5.41) is 11.1. The van der Waals surface area contributed by atoms with Crippen LogP contribution in [-0.4, -0.2) is 34.2 Å². The predicted molar refractivity (Wildman–Crippen MR) is 151 cm³/mol. The molecule has 1 saturated heterocycles. The highest BCUT2D eigenvalue weighted by molar-refractivity contribution is 8.18. The van der Waals surface area contributed by atoms with Crippen LogP contribution in [0.2, 0.25) is 5.02 Å². The third-order valence-electron chi connectivity index (χ3n) is 6.19. The van der Waals surface area contributed by atoms with E-state index >= 15 is 0 Å². The molecule has 0 spiro atoms. The Kier molecular flexibility index (Phi) is 7.58. The van der Waals surface area contributed by atoms with Crippen LogP contribution in [-0.2, 0) is 17.9 Å². The highest BCUT2D eigenvalue weighted by atomic mass is 35.5. The van der Waals surface area contributed by atoms with Gasteiger partial charge in [0.25, 0.3) is 11.1 Å². The van der Waals surface area contributed by atoms with Crippen molar-refractivity contribution >= 4 is 57.3 Å². The van der Waals surface area contributed by atoms with Gasteiger partial charge in [0.15, 0.2) is 11.5 Å². The molecule has 0 aliphatic carbocycles. The van der Waals surface area contributed by atoms with Gasteiger partial charge >= 0.3 is 5.97 Å². The molecule has 7 nitrogen and oxygen atoms in total. The van der Waals surface area contributed by atoms with Gasteiger partial charge in [0, 0.05) is 0 Å². The maximum atomic E-state index is 13.2. The molecule has 0 saturated carbocycles. The van der Waals surface area contributed by atoms with Gasteiger partial charge in [-0.15, -0.1) is 0 Å². The molecule has 0 bridgehead atoms. The van der Waals surface area contributed by atoms with Crippen molar-refractivity contribution in [3.63, 3.8) is 0 Å². The van der Waals surface area contributed by atoms with Crippen molar-refractivity contribution in [1.29, 1.82) is 0 Å². The molecule has 0 unspecified atom stereocenters. The highest BCUT2D eigenvalue weighted by Gasteiger charge is 2.35. The van der Waals surface area contributed by atoms with E-state index in [1.807, 2.05) is 42.5 Å². The minimum atomic E-state index is -1.03. The number of carbonyl (C=O) groups excluding carboxylic acids is 2. The molecule has 39 heavy (non-hydrogen) atoms. The molecule has 4 aromatic rings. The normalized spacial score (nSPS) is 14.3. The Balaban J connectivity index is 1.36. The number of rotatable bonds is 8. The standard InChI is InChI=1S/C30H22ClNO6S/c1-37-25-14-19(13-24(31)27(25)38-17-18-6-4-9-21(12-18)29(34)35)15-26-28(33)32(30(36)39-26)16-22-10-5-8-20-7-2-3-11-23(20)22/h2-15H,16-17H2,1H3,(H,34,35)/b26-15+. The lowest BCUT2D eigenvalue weighted by molar-refractivity contribution is -0.123. The molecular formula is C30H22ClNO6S. The average molecular weight is 560 g/mol. The number of halogens is 1. The van der Waals surface area contributed by atoms with Crippen LogP contribution in [0.4, 0.5) is 4.79 Å². The van der Waals surface area contributed by atoms with Crippen molar-refractivity contribution in [3.05, 3.63) is 111 Å². The number of thioether (sulfide) groups is 1. The molecule has 5 rings (SSSR count). The van der Waals surface area contributed by atoms with Crippen molar-refractivity contribution in [2.75, 3.05) is 7.11 Å². The summed E-state index contributed by atoms with van der Waals surface area (Å²) in [6.45, 7) is 0.243. The topological polar surface area (TPSA) is 93.1 Å². The minimum absolute atomic E-state index is 0.0730. The van der Waals surface area contributed by atoms with Gasteiger partial charge in [-0.25, -0.2) is 4.79 Å². The molecule has 1 heterocycles. The van der Waals surface area contributed by atoms with E-state index in [2.05, 4.69) is 0 Å². The van der Waals surface area contributed by atoms with E-state index in [1.54, 1.807) is 30.3 Å². The first kappa shape index (κ1) is 26.3. The number of aromatic carboxylic acids is 1. The second-order valence-corrected chi connectivity index (χ2v) is 10.1. The maximum absolute atomic E-state index is 13.2. The summed E-state index contributed by atoms with van der Waals surface area (Å²) in [5.74, 6) is -0.802. The summed E-state index contributed by atoms with van der Waals surface area (Å²) < 4.78 is 11.3. The number of benzene rings is 4. The average Bonchev–Trinajstić information content (AvgIpc) is 3.19. The third kappa shape index (κ3) is 5.62. The van der Waals surface area contributed by atoms with E-state index in [4.69, 9.17) is 21.1 Å². The summed E-state index contributed by atoms with van der Waals surface area (Å²) in [7, 11) is 1.46. The zero-order valence-corrected chi connectivity index (χ0v) is 22.3. The Morgan fingerprint density at radius 1 is 1.03 bits per heavy atom. The number of methoxy groups -OCH3 is 1. The molecule has 9 heteroatoms. The molecule has 196 valence electrons. The van der Waals surface area contributed by atoms with Crippen LogP contribution in [0.25, 0.3) is 16.8 Å². The highest BCUT2D eigenvalue weighted by Crippen LogP contribution is 2.40. The monoisotopic (exact) mass is 559 g/mol. The number of ether oxygens (including phenoxy) is 2. The van der Waals surface area contributed by atoms with Crippen molar-refractivity contribution in [2.24, 2.45) is 0 Å². The number of amides is 2. The van der Waals surface area contributed by atoms with Gasteiger partial charge in [-0.05, 0) is 69.6 Å². The largest absolute Gasteiger partial charge is 0.493 e. The van der Waals surface area contributed by atoms with Crippen molar-refractivity contribution in [1.82, 2.24) is 4.90 Å². The molecule has 0 radical (unpaired) electrons. The van der Waals surface area contributed by atoms with E-state index in [-0.39, 0.29) is 45.5 Å². The SMILES string of the molecule is COc1cc(/C=C2/SC(=O)N(Cc3cccc4ccccc34)C2=O)cc(Cl)c1OCc1cccc(C(=O)O)c1. The first-order valence-corrected chi connectivity index (χ1v) is 13.1. The number of fused-ring (bicyclic) bond motifs is 1. The maximum Gasteiger partial charge on any atom is 0.335 e. The second-order valence-electron chi connectivity index (χ2n) is 8.73. The molecule has 0 aromatic heterocycles. The minimum Gasteiger partial charge on any atom is -0.493 e.